The van der Waals surface area contributed by atoms with Crippen molar-refractivity contribution in [1.82, 2.24) is 4.98 Å². The van der Waals surface area contributed by atoms with Gasteiger partial charge in [0, 0.05) is 11.5 Å². The van der Waals surface area contributed by atoms with Gasteiger partial charge in [-0.05, 0) is 31.0 Å². The predicted octanol–water partition coefficient (Wildman–Crippen LogP) is 4.22. The molecule has 6 heteroatoms. The normalized spacial score (nSPS) is 14.6. The van der Waals surface area contributed by atoms with Crippen molar-refractivity contribution in [3.05, 3.63) is 39.7 Å². The lowest BCUT2D eigenvalue weighted by atomic mass is 10.2. The van der Waals surface area contributed by atoms with Crippen LogP contribution in [0, 0.1) is 0 Å². The Morgan fingerprint density at radius 3 is 2.63 bits per heavy atom. The highest BCUT2D eigenvalue weighted by molar-refractivity contribution is 6.42. The number of hydrogen-bond acceptors (Lipinski definition) is 3. The molecule has 0 aliphatic heterocycles. The van der Waals surface area contributed by atoms with Crippen LogP contribution in [0.25, 0.3) is 11.5 Å². The van der Waals surface area contributed by atoms with E-state index in [4.69, 9.17) is 32.7 Å². The molecule has 1 aliphatic carbocycles. The Hall–Kier alpha value is -1.52. The minimum absolute atomic E-state index is 0.0800. The summed E-state index contributed by atoms with van der Waals surface area (Å²) in [5, 5.41) is 9.93. The molecule has 4 nitrogen and oxygen atoms in total. The molecule has 1 N–H and O–H groups in total. The fourth-order valence-electron chi connectivity index (χ4n) is 1.87. The molecule has 2 aromatic rings. The Kier molecular flexibility index (Phi) is 2.99. The Bertz CT molecular complexity index is 662. The zero-order valence-corrected chi connectivity index (χ0v) is 11.2. The Morgan fingerprint density at radius 2 is 2.05 bits per heavy atom. The van der Waals surface area contributed by atoms with Gasteiger partial charge in [0.25, 0.3) is 0 Å². The number of aromatic nitrogens is 1. The Balaban J connectivity index is 2.07. The average Bonchev–Trinajstić information content (AvgIpc) is 3.11. The van der Waals surface area contributed by atoms with Crippen molar-refractivity contribution in [2.24, 2.45) is 0 Å². The van der Waals surface area contributed by atoms with E-state index >= 15 is 0 Å². The number of nitrogens with zero attached hydrogens (tertiary/aromatic N) is 1. The number of carboxylic acid groups (broad SMARTS) is 1. The number of aromatic carboxylic acids is 1. The molecule has 1 fully saturated rings. The van der Waals surface area contributed by atoms with E-state index in [1.165, 1.54) is 0 Å². The number of rotatable bonds is 3. The van der Waals surface area contributed by atoms with E-state index in [2.05, 4.69) is 4.98 Å². The van der Waals surface area contributed by atoms with Crippen molar-refractivity contribution in [2.75, 3.05) is 0 Å². The van der Waals surface area contributed by atoms with Gasteiger partial charge in [-0.3, -0.25) is 0 Å². The first-order valence-corrected chi connectivity index (χ1v) is 6.51. The Morgan fingerprint density at radius 1 is 1.32 bits per heavy atom. The van der Waals surface area contributed by atoms with E-state index in [0.717, 1.165) is 12.8 Å². The van der Waals surface area contributed by atoms with Crippen molar-refractivity contribution in [1.29, 1.82) is 0 Å². The highest BCUT2D eigenvalue weighted by Gasteiger charge is 2.33. The zero-order valence-electron chi connectivity index (χ0n) is 9.69. The van der Waals surface area contributed by atoms with Crippen molar-refractivity contribution >= 4 is 29.2 Å². The third kappa shape index (κ3) is 2.33. The lowest BCUT2D eigenvalue weighted by Crippen LogP contribution is -1.98. The topological polar surface area (TPSA) is 63.3 Å². The fourth-order valence-corrected chi connectivity index (χ4v) is 2.17. The third-order valence-corrected chi connectivity index (χ3v) is 3.72. The van der Waals surface area contributed by atoms with Crippen LogP contribution in [-0.2, 0) is 0 Å². The summed E-state index contributed by atoms with van der Waals surface area (Å²) in [7, 11) is 0. The van der Waals surface area contributed by atoms with E-state index in [0.29, 0.717) is 21.3 Å². The summed E-state index contributed by atoms with van der Waals surface area (Å²) >= 11 is 11.8. The van der Waals surface area contributed by atoms with Gasteiger partial charge in [-0.15, -0.1) is 0 Å². The average molecular weight is 298 g/mol. The van der Waals surface area contributed by atoms with Gasteiger partial charge in [-0.1, -0.05) is 23.2 Å². The molecule has 0 saturated heterocycles. The van der Waals surface area contributed by atoms with Crippen LogP contribution < -0.4 is 0 Å². The van der Waals surface area contributed by atoms with Crippen LogP contribution in [0.3, 0.4) is 0 Å². The first-order valence-electron chi connectivity index (χ1n) is 5.75. The summed E-state index contributed by atoms with van der Waals surface area (Å²) in [6.45, 7) is 0. The van der Waals surface area contributed by atoms with Gasteiger partial charge in [0.05, 0.1) is 15.7 Å². The van der Waals surface area contributed by atoms with Gasteiger partial charge in [-0.25, -0.2) is 9.78 Å². The molecule has 0 amide bonds. The second-order valence-electron chi connectivity index (χ2n) is 4.44. The van der Waals surface area contributed by atoms with Crippen molar-refractivity contribution in [3.8, 4) is 11.5 Å². The first kappa shape index (κ1) is 12.5. The predicted molar refractivity (Wildman–Crippen MR) is 70.9 cm³/mol. The fraction of sp³-hybridized carbons (Fsp3) is 0.231. The van der Waals surface area contributed by atoms with Crippen LogP contribution >= 0.6 is 23.2 Å². The molecule has 3 rings (SSSR count). The molecule has 0 spiro atoms. The molecular weight excluding hydrogens is 289 g/mol. The number of carboxylic acids is 1. The third-order valence-electron chi connectivity index (χ3n) is 2.98. The van der Waals surface area contributed by atoms with E-state index < -0.39 is 5.97 Å². The maximum absolute atomic E-state index is 11.1. The van der Waals surface area contributed by atoms with E-state index in [1.807, 2.05) is 0 Å². The molecule has 0 bridgehead atoms. The van der Waals surface area contributed by atoms with Gasteiger partial charge in [-0.2, -0.15) is 0 Å². The molecule has 19 heavy (non-hydrogen) atoms. The smallest absolute Gasteiger partial charge is 0.373 e. The molecule has 0 unspecified atom stereocenters. The summed E-state index contributed by atoms with van der Waals surface area (Å²) < 4.78 is 5.35. The van der Waals surface area contributed by atoms with Gasteiger partial charge in [0.2, 0.25) is 11.7 Å². The minimum atomic E-state index is -1.10. The number of hydrogen-bond donors (Lipinski definition) is 1. The summed E-state index contributed by atoms with van der Waals surface area (Å²) in [6.07, 6.45) is 1.90. The molecule has 1 aromatic heterocycles. The van der Waals surface area contributed by atoms with Crippen LogP contribution in [-0.4, -0.2) is 16.1 Å². The molecule has 0 radical (unpaired) electrons. The molecule has 0 atom stereocenters. The van der Waals surface area contributed by atoms with Gasteiger partial charge < -0.3 is 9.52 Å². The number of halogens is 2. The van der Waals surface area contributed by atoms with Crippen molar-refractivity contribution in [2.45, 2.75) is 18.8 Å². The van der Waals surface area contributed by atoms with Gasteiger partial charge >= 0.3 is 5.97 Å². The SMILES string of the molecule is O=C(O)c1oc(-c2ccc(Cl)c(Cl)c2)nc1C1CC1. The largest absolute Gasteiger partial charge is 0.475 e. The van der Waals surface area contributed by atoms with Crippen LogP contribution in [0.15, 0.2) is 22.6 Å². The maximum Gasteiger partial charge on any atom is 0.373 e. The zero-order chi connectivity index (χ0) is 13.6. The van der Waals surface area contributed by atoms with E-state index in [-0.39, 0.29) is 17.6 Å². The van der Waals surface area contributed by atoms with Crippen molar-refractivity contribution in [3.63, 3.8) is 0 Å². The first-order chi connectivity index (χ1) is 9.06. The highest BCUT2D eigenvalue weighted by atomic mass is 35.5. The minimum Gasteiger partial charge on any atom is -0.475 e. The molecular formula is C13H9Cl2NO3. The Labute approximate surface area is 119 Å². The molecule has 1 saturated carbocycles. The van der Waals surface area contributed by atoms with Crippen LogP contribution in [0.2, 0.25) is 10.0 Å². The summed E-state index contributed by atoms with van der Waals surface area (Å²) in [5.74, 6) is -0.714. The monoisotopic (exact) mass is 297 g/mol. The standard InChI is InChI=1S/C13H9Cl2NO3/c14-8-4-3-7(5-9(8)15)12-16-10(6-1-2-6)11(19-12)13(17)18/h3-6H,1-2H2,(H,17,18). The summed E-state index contributed by atoms with van der Waals surface area (Å²) in [4.78, 5) is 15.4. The summed E-state index contributed by atoms with van der Waals surface area (Å²) in [5.41, 5.74) is 1.14. The van der Waals surface area contributed by atoms with Gasteiger partial charge in [0.15, 0.2) is 0 Å². The van der Waals surface area contributed by atoms with Crippen LogP contribution in [0.4, 0.5) is 0 Å². The molecule has 1 aromatic carbocycles. The number of benzene rings is 1. The van der Waals surface area contributed by atoms with E-state index in [1.54, 1.807) is 18.2 Å². The highest BCUT2D eigenvalue weighted by Crippen LogP contribution is 2.42. The van der Waals surface area contributed by atoms with Crippen LogP contribution in [0.5, 0.6) is 0 Å². The molecule has 1 heterocycles. The lowest BCUT2D eigenvalue weighted by Gasteiger charge is -1.98. The summed E-state index contributed by atoms with van der Waals surface area (Å²) in [6, 6.07) is 4.93. The van der Waals surface area contributed by atoms with Gasteiger partial charge in [0.1, 0.15) is 0 Å². The maximum atomic E-state index is 11.1. The second kappa shape index (κ2) is 4.54. The lowest BCUT2D eigenvalue weighted by molar-refractivity contribution is 0.0661. The second-order valence-corrected chi connectivity index (χ2v) is 5.26. The number of oxazole rings is 1. The van der Waals surface area contributed by atoms with Crippen LogP contribution in [0.1, 0.15) is 35.0 Å². The number of carbonyl (C=O) groups is 1. The molecule has 1 aliphatic rings. The quantitative estimate of drug-likeness (QED) is 0.921. The van der Waals surface area contributed by atoms with E-state index in [9.17, 15) is 4.79 Å². The van der Waals surface area contributed by atoms with Crippen molar-refractivity contribution < 1.29 is 14.3 Å². The molecule has 98 valence electrons.